The summed E-state index contributed by atoms with van der Waals surface area (Å²) in [5, 5.41) is 0. The highest BCUT2D eigenvalue weighted by Gasteiger charge is 2.34. The molecule has 1 aliphatic rings. The standard InChI is InChI=1S/C10H20FN/c1-6(2)8-4-7(3)9(11)5-10(8)12/h6-10H,4-5,12H2,1-3H3. The molecule has 0 aromatic rings. The first-order chi connectivity index (χ1) is 5.52. The molecule has 0 spiro atoms. The van der Waals surface area contributed by atoms with Crippen molar-refractivity contribution in [2.75, 3.05) is 0 Å². The molecule has 1 fully saturated rings. The summed E-state index contributed by atoms with van der Waals surface area (Å²) in [4.78, 5) is 0. The van der Waals surface area contributed by atoms with Gasteiger partial charge in [-0.2, -0.15) is 0 Å². The lowest BCUT2D eigenvalue weighted by Gasteiger charge is -2.37. The minimum Gasteiger partial charge on any atom is -0.327 e. The second kappa shape index (κ2) is 3.73. The van der Waals surface area contributed by atoms with Crippen LogP contribution in [0.5, 0.6) is 0 Å². The molecule has 1 rings (SSSR count). The van der Waals surface area contributed by atoms with Gasteiger partial charge in [0.2, 0.25) is 0 Å². The summed E-state index contributed by atoms with van der Waals surface area (Å²) in [6, 6.07) is 0.0798. The monoisotopic (exact) mass is 173 g/mol. The van der Waals surface area contributed by atoms with Crippen LogP contribution in [0.2, 0.25) is 0 Å². The largest absolute Gasteiger partial charge is 0.327 e. The molecule has 4 atom stereocenters. The van der Waals surface area contributed by atoms with Crippen LogP contribution in [0.15, 0.2) is 0 Å². The Balaban J connectivity index is 2.55. The van der Waals surface area contributed by atoms with Crippen molar-refractivity contribution in [1.29, 1.82) is 0 Å². The summed E-state index contributed by atoms with van der Waals surface area (Å²) < 4.78 is 13.2. The first kappa shape index (κ1) is 9.97. The zero-order valence-electron chi connectivity index (χ0n) is 8.26. The van der Waals surface area contributed by atoms with Crippen LogP contribution in [0.25, 0.3) is 0 Å². The molecule has 2 heteroatoms. The van der Waals surface area contributed by atoms with E-state index in [1.54, 1.807) is 0 Å². The summed E-state index contributed by atoms with van der Waals surface area (Å²) in [5.41, 5.74) is 5.89. The van der Waals surface area contributed by atoms with E-state index < -0.39 is 6.17 Å². The average Bonchev–Trinajstić information content (AvgIpc) is 1.96. The van der Waals surface area contributed by atoms with Crippen molar-refractivity contribution < 1.29 is 4.39 Å². The first-order valence-electron chi connectivity index (χ1n) is 4.92. The molecular formula is C10H20FN. The van der Waals surface area contributed by atoms with Gasteiger partial charge in [0.1, 0.15) is 6.17 Å². The maximum absolute atomic E-state index is 13.2. The number of nitrogens with two attached hydrogens (primary N) is 1. The van der Waals surface area contributed by atoms with E-state index in [0.29, 0.717) is 18.3 Å². The van der Waals surface area contributed by atoms with Crippen LogP contribution in [0, 0.1) is 17.8 Å². The van der Waals surface area contributed by atoms with E-state index in [1.807, 2.05) is 6.92 Å². The molecule has 0 radical (unpaired) electrons. The van der Waals surface area contributed by atoms with E-state index in [4.69, 9.17) is 5.73 Å². The van der Waals surface area contributed by atoms with Crippen molar-refractivity contribution in [3.63, 3.8) is 0 Å². The van der Waals surface area contributed by atoms with Gasteiger partial charge in [-0.15, -0.1) is 0 Å². The van der Waals surface area contributed by atoms with E-state index in [1.165, 1.54) is 0 Å². The van der Waals surface area contributed by atoms with Gasteiger partial charge in [-0.25, -0.2) is 4.39 Å². The third kappa shape index (κ3) is 1.98. The molecule has 0 amide bonds. The lowest BCUT2D eigenvalue weighted by Crippen LogP contribution is -2.43. The molecule has 72 valence electrons. The molecule has 0 saturated heterocycles. The van der Waals surface area contributed by atoms with Crippen LogP contribution in [0.1, 0.15) is 33.6 Å². The SMILES string of the molecule is CC(C)C1CC(C)C(F)CC1N. The lowest BCUT2D eigenvalue weighted by molar-refractivity contribution is 0.0994. The fourth-order valence-electron chi connectivity index (χ4n) is 2.19. The minimum absolute atomic E-state index is 0.0798. The summed E-state index contributed by atoms with van der Waals surface area (Å²) in [6.07, 6.45) is 0.847. The number of halogens is 1. The van der Waals surface area contributed by atoms with Gasteiger partial charge in [0.05, 0.1) is 0 Å². The molecule has 0 bridgehead atoms. The van der Waals surface area contributed by atoms with Crippen molar-refractivity contribution in [3.8, 4) is 0 Å². The molecule has 0 aromatic carbocycles. The van der Waals surface area contributed by atoms with Crippen molar-refractivity contribution in [2.45, 2.75) is 45.8 Å². The average molecular weight is 173 g/mol. The molecular weight excluding hydrogens is 153 g/mol. The van der Waals surface area contributed by atoms with Crippen molar-refractivity contribution >= 4 is 0 Å². The molecule has 0 aliphatic heterocycles. The Morgan fingerprint density at radius 1 is 1.33 bits per heavy atom. The van der Waals surface area contributed by atoms with Crippen LogP contribution in [-0.2, 0) is 0 Å². The Hall–Kier alpha value is -0.110. The second-order valence-corrected chi connectivity index (χ2v) is 4.54. The lowest BCUT2D eigenvalue weighted by atomic mass is 9.73. The van der Waals surface area contributed by atoms with Crippen LogP contribution in [0.4, 0.5) is 4.39 Å². The van der Waals surface area contributed by atoms with Gasteiger partial charge in [0.25, 0.3) is 0 Å². The van der Waals surface area contributed by atoms with Crippen molar-refractivity contribution in [2.24, 2.45) is 23.5 Å². The smallest absolute Gasteiger partial charge is 0.104 e. The number of hydrogen-bond acceptors (Lipinski definition) is 1. The summed E-state index contributed by atoms with van der Waals surface area (Å²) in [6.45, 7) is 6.34. The number of alkyl halides is 1. The maximum Gasteiger partial charge on any atom is 0.104 e. The Labute approximate surface area is 74.5 Å². The van der Waals surface area contributed by atoms with Gasteiger partial charge in [0.15, 0.2) is 0 Å². The Morgan fingerprint density at radius 2 is 1.92 bits per heavy atom. The highest BCUT2D eigenvalue weighted by Crippen LogP contribution is 2.34. The van der Waals surface area contributed by atoms with E-state index in [0.717, 1.165) is 6.42 Å². The Kier molecular flexibility index (Phi) is 3.10. The third-order valence-corrected chi connectivity index (χ3v) is 3.16. The molecule has 0 aromatic heterocycles. The second-order valence-electron chi connectivity index (χ2n) is 4.54. The van der Waals surface area contributed by atoms with E-state index in [-0.39, 0.29) is 12.0 Å². The normalized spacial score (nSPS) is 43.5. The molecule has 1 aliphatic carbocycles. The first-order valence-corrected chi connectivity index (χ1v) is 4.92. The van der Waals surface area contributed by atoms with E-state index >= 15 is 0 Å². The molecule has 2 N–H and O–H groups in total. The van der Waals surface area contributed by atoms with Crippen LogP contribution < -0.4 is 5.73 Å². The predicted molar refractivity (Wildman–Crippen MR) is 49.6 cm³/mol. The maximum atomic E-state index is 13.2. The zero-order valence-corrected chi connectivity index (χ0v) is 8.26. The van der Waals surface area contributed by atoms with Gasteiger partial charge < -0.3 is 5.73 Å². The van der Waals surface area contributed by atoms with Crippen LogP contribution in [-0.4, -0.2) is 12.2 Å². The van der Waals surface area contributed by atoms with E-state index in [9.17, 15) is 4.39 Å². The number of rotatable bonds is 1. The topological polar surface area (TPSA) is 26.0 Å². The van der Waals surface area contributed by atoms with Crippen molar-refractivity contribution in [3.05, 3.63) is 0 Å². The molecule has 1 saturated carbocycles. The van der Waals surface area contributed by atoms with Crippen LogP contribution in [0.3, 0.4) is 0 Å². The summed E-state index contributed by atoms with van der Waals surface area (Å²) >= 11 is 0. The zero-order chi connectivity index (χ0) is 9.30. The molecule has 12 heavy (non-hydrogen) atoms. The summed E-state index contributed by atoms with van der Waals surface area (Å²) in [5.74, 6) is 1.32. The van der Waals surface area contributed by atoms with Crippen LogP contribution >= 0.6 is 0 Å². The van der Waals surface area contributed by atoms with Gasteiger partial charge in [0, 0.05) is 6.04 Å². The van der Waals surface area contributed by atoms with Gasteiger partial charge in [-0.05, 0) is 30.6 Å². The number of hydrogen-bond donors (Lipinski definition) is 1. The fraction of sp³-hybridized carbons (Fsp3) is 1.00. The quantitative estimate of drug-likeness (QED) is 0.647. The Morgan fingerprint density at radius 3 is 2.42 bits per heavy atom. The molecule has 4 unspecified atom stereocenters. The highest BCUT2D eigenvalue weighted by molar-refractivity contribution is 4.87. The predicted octanol–water partition coefficient (Wildman–Crippen LogP) is 2.35. The highest BCUT2D eigenvalue weighted by atomic mass is 19.1. The van der Waals surface area contributed by atoms with Crippen molar-refractivity contribution in [1.82, 2.24) is 0 Å². The molecule has 0 heterocycles. The van der Waals surface area contributed by atoms with Gasteiger partial charge in [-0.3, -0.25) is 0 Å². The van der Waals surface area contributed by atoms with Gasteiger partial charge >= 0.3 is 0 Å². The van der Waals surface area contributed by atoms with Gasteiger partial charge in [-0.1, -0.05) is 20.8 Å². The minimum atomic E-state index is -0.671. The fourth-order valence-corrected chi connectivity index (χ4v) is 2.19. The van der Waals surface area contributed by atoms with E-state index in [2.05, 4.69) is 13.8 Å². The third-order valence-electron chi connectivity index (χ3n) is 3.16. The molecule has 1 nitrogen and oxygen atoms in total. The Bertz CT molecular complexity index is 147. The summed E-state index contributed by atoms with van der Waals surface area (Å²) in [7, 11) is 0.